The van der Waals surface area contributed by atoms with Crippen molar-refractivity contribution in [3.8, 4) is 16.9 Å². The second-order valence-electron chi connectivity index (χ2n) is 7.54. The number of rotatable bonds is 4. The highest BCUT2D eigenvalue weighted by Gasteiger charge is 2.25. The molecule has 5 rings (SSSR count). The molecular formula is C26H19ClN4OS. The van der Waals surface area contributed by atoms with Crippen LogP contribution in [0.3, 0.4) is 0 Å². The Hall–Kier alpha value is -3.61. The van der Waals surface area contributed by atoms with Gasteiger partial charge < -0.3 is 5.32 Å². The van der Waals surface area contributed by atoms with Crippen molar-refractivity contribution >= 4 is 46.2 Å². The van der Waals surface area contributed by atoms with E-state index < -0.39 is 0 Å². The zero-order valence-electron chi connectivity index (χ0n) is 17.7. The van der Waals surface area contributed by atoms with E-state index in [0.29, 0.717) is 10.9 Å². The molecule has 0 unspecified atom stereocenters. The summed E-state index contributed by atoms with van der Waals surface area (Å²) in [5, 5.41) is 8.20. The molecule has 0 bridgehead atoms. The SMILES string of the molecule is Cc1cccc(N=C2NC(=O)SC2=Cc2cn(-c3ccccc3)nc2-c2ccc(Cl)cc2)c1. The number of hydrogen-bond acceptors (Lipinski definition) is 4. The lowest BCUT2D eigenvalue weighted by Crippen LogP contribution is -2.18. The molecule has 1 aromatic heterocycles. The van der Waals surface area contributed by atoms with E-state index in [1.807, 2.05) is 103 Å². The van der Waals surface area contributed by atoms with Crippen LogP contribution in [0.5, 0.6) is 0 Å². The van der Waals surface area contributed by atoms with Crippen LogP contribution in [0.25, 0.3) is 23.0 Å². The van der Waals surface area contributed by atoms with E-state index in [-0.39, 0.29) is 5.24 Å². The Morgan fingerprint density at radius 2 is 1.82 bits per heavy atom. The molecule has 1 saturated heterocycles. The van der Waals surface area contributed by atoms with Gasteiger partial charge in [-0.1, -0.05) is 54.1 Å². The fourth-order valence-corrected chi connectivity index (χ4v) is 4.37. The van der Waals surface area contributed by atoms with E-state index in [0.717, 1.165) is 50.4 Å². The van der Waals surface area contributed by atoms with E-state index in [4.69, 9.17) is 16.7 Å². The number of hydrogen-bond donors (Lipinski definition) is 1. The highest BCUT2D eigenvalue weighted by molar-refractivity contribution is 8.18. The first kappa shape index (κ1) is 21.2. The first-order valence-electron chi connectivity index (χ1n) is 10.3. The number of thioether (sulfide) groups is 1. The maximum absolute atomic E-state index is 12.2. The second-order valence-corrected chi connectivity index (χ2v) is 8.99. The molecule has 3 aromatic carbocycles. The van der Waals surface area contributed by atoms with Crippen LogP contribution in [0, 0.1) is 6.92 Å². The van der Waals surface area contributed by atoms with E-state index in [1.165, 1.54) is 0 Å². The number of nitrogens with one attached hydrogen (secondary N) is 1. The number of carbonyl (C=O) groups is 1. The maximum atomic E-state index is 12.2. The molecule has 4 aromatic rings. The van der Waals surface area contributed by atoms with Crippen molar-refractivity contribution < 1.29 is 4.79 Å². The van der Waals surface area contributed by atoms with Crippen molar-refractivity contribution in [1.29, 1.82) is 0 Å². The Balaban J connectivity index is 1.61. The Bertz CT molecular complexity index is 1390. The largest absolute Gasteiger partial charge is 0.300 e. The van der Waals surface area contributed by atoms with Crippen molar-refractivity contribution in [2.75, 3.05) is 0 Å². The maximum Gasteiger partial charge on any atom is 0.289 e. The van der Waals surface area contributed by atoms with Crippen molar-refractivity contribution in [2.45, 2.75) is 6.92 Å². The Labute approximate surface area is 200 Å². The molecule has 1 amide bonds. The van der Waals surface area contributed by atoms with Crippen LogP contribution in [0.2, 0.25) is 5.02 Å². The number of aryl methyl sites for hydroxylation is 1. The van der Waals surface area contributed by atoms with Crippen molar-refractivity contribution in [1.82, 2.24) is 15.1 Å². The van der Waals surface area contributed by atoms with Gasteiger partial charge in [-0.15, -0.1) is 0 Å². The molecule has 1 aliphatic rings. The van der Waals surface area contributed by atoms with Crippen LogP contribution < -0.4 is 5.32 Å². The number of amides is 1. The summed E-state index contributed by atoms with van der Waals surface area (Å²) in [7, 11) is 0. The Morgan fingerprint density at radius 1 is 1.03 bits per heavy atom. The number of aromatic nitrogens is 2. The molecule has 1 fully saturated rings. The van der Waals surface area contributed by atoms with Gasteiger partial charge >= 0.3 is 0 Å². The van der Waals surface area contributed by atoms with Gasteiger partial charge in [-0.2, -0.15) is 5.10 Å². The quantitative estimate of drug-likeness (QED) is 0.348. The normalized spacial score (nSPS) is 15.9. The predicted octanol–water partition coefficient (Wildman–Crippen LogP) is 7.03. The third-order valence-corrected chi connectivity index (χ3v) is 6.14. The van der Waals surface area contributed by atoms with E-state index in [1.54, 1.807) is 0 Å². The summed E-state index contributed by atoms with van der Waals surface area (Å²) in [4.78, 5) is 17.6. The Kier molecular flexibility index (Phi) is 5.86. The van der Waals surface area contributed by atoms with Gasteiger partial charge in [-0.3, -0.25) is 4.79 Å². The van der Waals surface area contributed by atoms with Crippen LogP contribution >= 0.6 is 23.4 Å². The molecule has 0 spiro atoms. The van der Waals surface area contributed by atoms with Crippen LogP contribution in [0.1, 0.15) is 11.1 Å². The number of halogens is 1. The minimum absolute atomic E-state index is 0.156. The average molecular weight is 471 g/mol. The molecule has 5 nitrogen and oxygen atoms in total. The van der Waals surface area contributed by atoms with Gasteiger partial charge in [0.1, 0.15) is 5.84 Å². The summed E-state index contributed by atoms with van der Waals surface area (Å²) in [6.07, 6.45) is 3.91. The number of nitrogens with zero attached hydrogens (tertiary/aromatic N) is 3. The van der Waals surface area contributed by atoms with Gasteiger partial charge in [0.25, 0.3) is 5.24 Å². The van der Waals surface area contributed by atoms with Crippen LogP contribution in [-0.4, -0.2) is 20.9 Å². The molecule has 2 heterocycles. The first-order chi connectivity index (χ1) is 16.0. The van der Waals surface area contributed by atoms with Crippen LogP contribution in [-0.2, 0) is 0 Å². The molecule has 1 N–H and O–H groups in total. The number of amidine groups is 1. The standard InChI is InChI=1S/C26H19ClN4OS/c1-17-6-5-7-21(14-17)28-25-23(33-26(32)29-25)15-19-16-31(22-8-3-2-4-9-22)30-24(19)18-10-12-20(27)13-11-18/h2-16H,1H3,(H,28,29,32). The average Bonchev–Trinajstić information content (AvgIpc) is 3.38. The predicted molar refractivity (Wildman–Crippen MR) is 136 cm³/mol. The smallest absolute Gasteiger partial charge is 0.289 e. The third kappa shape index (κ3) is 4.77. The number of carbonyl (C=O) groups excluding carboxylic acids is 1. The lowest BCUT2D eigenvalue weighted by atomic mass is 10.1. The molecule has 0 saturated carbocycles. The third-order valence-electron chi connectivity index (χ3n) is 5.07. The molecule has 0 radical (unpaired) electrons. The van der Waals surface area contributed by atoms with Gasteiger partial charge in [0.2, 0.25) is 0 Å². The molecule has 0 atom stereocenters. The molecule has 162 valence electrons. The minimum Gasteiger partial charge on any atom is -0.300 e. The summed E-state index contributed by atoms with van der Waals surface area (Å²) in [6.45, 7) is 2.01. The topological polar surface area (TPSA) is 59.3 Å². The number of aliphatic imine (C=N–C) groups is 1. The molecular weight excluding hydrogens is 452 g/mol. The van der Waals surface area contributed by atoms with Crippen molar-refractivity contribution in [3.05, 3.63) is 106 Å². The molecule has 7 heteroatoms. The number of para-hydroxylation sites is 1. The van der Waals surface area contributed by atoms with Crippen molar-refractivity contribution in [2.24, 2.45) is 4.99 Å². The van der Waals surface area contributed by atoms with Gasteiger partial charge in [-0.25, -0.2) is 9.67 Å². The van der Waals surface area contributed by atoms with Gasteiger partial charge in [-0.05, 0) is 66.7 Å². The minimum atomic E-state index is -0.156. The second kappa shape index (κ2) is 9.10. The molecule has 1 aliphatic heterocycles. The summed E-state index contributed by atoms with van der Waals surface area (Å²) in [6, 6.07) is 25.3. The van der Waals surface area contributed by atoms with Gasteiger partial charge in [0, 0.05) is 22.3 Å². The zero-order chi connectivity index (χ0) is 22.8. The van der Waals surface area contributed by atoms with Crippen LogP contribution in [0.15, 0.2) is 95.0 Å². The molecule has 0 aliphatic carbocycles. The zero-order valence-corrected chi connectivity index (χ0v) is 19.3. The fourth-order valence-electron chi connectivity index (χ4n) is 3.52. The molecule has 33 heavy (non-hydrogen) atoms. The summed E-state index contributed by atoms with van der Waals surface area (Å²) >= 11 is 7.22. The lowest BCUT2D eigenvalue weighted by Gasteiger charge is -2.02. The lowest BCUT2D eigenvalue weighted by molar-refractivity contribution is 0.265. The first-order valence-corrected chi connectivity index (χ1v) is 11.5. The van der Waals surface area contributed by atoms with Crippen molar-refractivity contribution in [3.63, 3.8) is 0 Å². The van der Waals surface area contributed by atoms with E-state index in [2.05, 4.69) is 10.3 Å². The highest BCUT2D eigenvalue weighted by atomic mass is 35.5. The Morgan fingerprint density at radius 3 is 2.58 bits per heavy atom. The monoisotopic (exact) mass is 470 g/mol. The highest BCUT2D eigenvalue weighted by Crippen LogP contribution is 2.32. The van der Waals surface area contributed by atoms with E-state index >= 15 is 0 Å². The summed E-state index contributed by atoms with van der Waals surface area (Å²) in [5.41, 5.74) is 5.43. The number of benzene rings is 3. The summed E-state index contributed by atoms with van der Waals surface area (Å²) in [5.74, 6) is 0.533. The fraction of sp³-hybridized carbons (Fsp3) is 0.0385. The summed E-state index contributed by atoms with van der Waals surface area (Å²) < 4.78 is 1.84. The van der Waals surface area contributed by atoms with Gasteiger partial charge in [0.05, 0.1) is 22.0 Å². The van der Waals surface area contributed by atoms with E-state index in [9.17, 15) is 4.79 Å². The van der Waals surface area contributed by atoms with Crippen LogP contribution in [0.4, 0.5) is 10.5 Å². The van der Waals surface area contributed by atoms with Gasteiger partial charge in [0.15, 0.2) is 0 Å².